The van der Waals surface area contributed by atoms with Crippen molar-refractivity contribution in [3.63, 3.8) is 0 Å². The summed E-state index contributed by atoms with van der Waals surface area (Å²) in [5.74, 6) is -0.118. The first-order chi connectivity index (χ1) is 9.38. The maximum Gasteiger partial charge on any atom is 0.310 e. The van der Waals surface area contributed by atoms with Gasteiger partial charge in [0.15, 0.2) is 0 Å². The van der Waals surface area contributed by atoms with Gasteiger partial charge in [0, 0.05) is 20.6 Å². The Hall–Kier alpha value is -1.82. The molecule has 0 aliphatic carbocycles. The standard InChI is InChI=1S/C13H18ClN3O3/c1-4-8-16(9-12(18)15(2)3)11-7-5-6-10(14)13(11)17(19)20/h5-7H,4,8-9H2,1-3H3. The molecule has 0 fully saturated rings. The number of rotatable bonds is 6. The molecule has 6 nitrogen and oxygen atoms in total. The molecule has 0 saturated heterocycles. The van der Waals surface area contributed by atoms with Crippen molar-refractivity contribution in [2.75, 3.05) is 32.1 Å². The van der Waals surface area contributed by atoms with Gasteiger partial charge in [0.05, 0.1) is 11.5 Å². The number of nitrogens with zero attached hydrogens (tertiary/aromatic N) is 3. The molecule has 7 heteroatoms. The predicted octanol–water partition coefficient (Wildman–Crippen LogP) is 2.55. The SMILES string of the molecule is CCCN(CC(=O)N(C)C)c1cccc(Cl)c1[N+](=O)[O-]. The number of hydrogen-bond acceptors (Lipinski definition) is 4. The van der Waals surface area contributed by atoms with Crippen LogP contribution in [0.4, 0.5) is 11.4 Å². The normalized spacial score (nSPS) is 10.2. The van der Waals surface area contributed by atoms with Gasteiger partial charge in [-0.15, -0.1) is 0 Å². The highest BCUT2D eigenvalue weighted by atomic mass is 35.5. The second kappa shape index (κ2) is 7.09. The van der Waals surface area contributed by atoms with Gasteiger partial charge in [-0.05, 0) is 18.6 Å². The molecular weight excluding hydrogens is 282 g/mol. The summed E-state index contributed by atoms with van der Waals surface area (Å²) in [6.45, 7) is 2.58. The Morgan fingerprint density at radius 1 is 1.40 bits per heavy atom. The van der Waals surface area contributed by atoms with E-state index in [0.717, 1.165) is 6.42 Å². The zero-order valence-electron chi connectivity index (χ0n) is 11.8. The zero-order chi connectivity index (χ0) is 15.3. The molecule has 20 heavy (non-hydrogen) atoms. The van der Waals surface area contributed by atoms with E-state index in [0.29, 0.717) is 12.2 Å². The van der Waals surface area contributed by atoms with Gasteiger partial charge in [-0.1, -0.05) is 24.6 Å². The van der Waals surface area contributed by atoms with Crippen molar-refractivity contribution < 1.29 is 9.72 Å². The number of nitro benzene ring substituents is 1. The third kappa shape index (κ3) is 3.84. The van der Waals surface area contributed by atoms with Crippen molar-refractivity contribution in [1.82, 2.24) is 4.90 Å². The second-order valence-corrected chi connectivity index (χ2v) is 4.98. The van der Waals surface area contributed by atoms with Crippen molar-refractivity contribution >= 4 is 28.9 Å². The van der Waals surface area contributed by atoms with E-state index in [-0.39, 0.29) is 23.2 Å². The van der Waals surface area contributed by atoms with E-state index >= 15 is 0 Å². The van der Waals surface area contributed by atoms with Crippen LogP contribution in [0.15, 0.2) is 18.2 Å². The Bertz CT molecular complexity index is 506. The van der Waals surface area contributed by atoms with Crippen molar-refractivity contribution in [2.45, 2.75) is 13.3 Å². The second-order valence-electron chi connectivity index (χ2n) is 4.57. The van der Waals surface area contributed by atoms with Gasteiger partial charge in [0.1, 0.15) is 10.7 Å². The average molecular weight is 300 g/mol. The fourth-order valence-electron chi connectivity index (χ4n) is 1.80. The lowest BCUT2D eigenvalue weighted by Crippen LogP contribution is -2.37. The first-order valence-corrected chi connectivity index (χ1v) is 6.64. The first kappa shape index (κ1) is 16.2. The van der Waals surface area contributed by atoms with Crippen molar-refractivity contribution in [2.24, 2.45) is 0 Å². The van der Waals surface area contributed by atoms with Crippen LogP contribution in [0, 0.1) is 10.1 Å². The average Bonchev–Trinajstić information content (AvgIpc) is 2.37. The Labute approximate surface area is 123 Å². The van der Waals surface area contributed by atoms with Gasteiger partial charge in [0.25, 0.3) is 0 Å². The lowest BCUT2D eigenvalue weighted by molar-refractivity contribution is -0.384. The van der Waals surface area contributed by atoms with E-state index < -0.39 is 4.92 Å². The number of para-hydroxylation sites is 1. The number of nitro groups is 1. The Morgan fingerprint density at radius 3 is 2.55 bits per heavy atom. The molecule has 0 saturated carbocycles. The lowest BCUT2D eigenvalue weighted by Gasteiger charge is -2.25. The Balaban J connectivity index is 3.18. The fraction of sp³-hybridized carbons (Fsp3) is 0.462. The summed E-state index contributed by atoms with van der Waals surface area (Å²) in [6, 6.07) is 4.73. The Kier molecular flexibility index (Phi) is 5.76. The summed E-state index contributed by atoms with van der Waals surface area (Å²) in [7, 11) is 3.30. The minimum atomic E-state index is -0.513. The van der Waals surface area contributed by atoms with Gasteiger partial charge >= 0.3 is 5.69 Å². The number of likely N-dealkylation sites (N-methyl/N-ethyl adjacent to an activating group) is 1. The topological polar surface area (TPSA) is 66.7 Å². The quantitative estimate of drug-likeness (QED) is 0.598. The number of carbonyl (C=O) groups excluding carboxylic acids is 1. The van der Waals surface area contributed by atoms with Gasteiger partial charge < -0.3 is 9.80 Å². The molecule has 0 aromatic heterocycles. The molecule has 110 valence electrons. The molecule has 1 aromatic carbocycles. The highest BCUT2D eigenvalue weighted by molar-refractivity contribution is 6.33. The van der Waals surface area contributed by atoms with Crippen LogP contribution in [-0.2, 0) is 4.79 Å². The minimum Gasteiger partial charge on any atom is -0.357 e. The maximum atomic E-state index is 11.8. The molecule has 0 spiro atoms. The lowest BCUT2D eigenvalue weighted by atomic mass is 10.2. The van der Waals surface area contributed by atoms with Crippen molar-refractivity contribution in [3.05, 3.63) is 33.3 Å². The largest absolute Gasteiger partial charge is 0.357 e. The van der Waals surface area contributed by atoms with E-state index in [4.69, 9.17) is 11.6 Å². The third-order valence-corrected chi connectivity index (χ3v) is 3.11. The summed E-state index contributed by atoms with van der Waals surface area (Å²) in [4.78, 5) is 25.6. The molecule has 1 rings (SSSR count). The van der Waals surface area contributed by atoms with Crippen LogP contribution in [-0.4, -0.2) is 42.9 Å². The molecule has 0 bridgehead atoms. The summed E-state index contributed by atoms with van der Waals surface area (Å²) >= 11 is 5.90. The van der Waals surface area contributed by atoms with E-state index in [1.54, 1.807) is 31.1 Å². The van der Waals surface area contributed by atoms with E-state index in [9.17, 15) is 14.9 Å². The molecule has 1 amide bonds. The monoisotopic (exact) mass is 299 g/mol. The van der Waals surface area contributed by atoms with Gasteiger partial charge in [-0.2, -0.15) is 0 Å². The van der Waals surface area contributed by atoms with Gasteiger partial charge in [0.2, 0.25) is 5.91 Å². The molecule has 0 aliphatic rings. The summed E-state index contributed by atoms with van der Waals surface area (Å²) in [5.41, 5.74) is 0.216. The van der Waals surface area contributed by atoms with Crippen molar-refractivity contribution in [1.29, 1.82) is 0 Å². The molecule has 0 aliphatic heterocycles. The van der Waals surface area contributed by atoms with Crippen LogP contribution in [0.25, 0.3) is 0 Å². The van der Waals surface area contributed by atoms with Gasteiger partial charge in [-0.3, -0.25) is 14.9 Å². The molecular formula is C13H18ClN3O3. The highest BCUT2D eigenvalue weighted by Crippen LogP contribution is 2.35. The predicted molar refractivity (Wildman–Crippen MR) is 79.3 cm³/mol. The molecule has 1 aromatic rings. The molecule has 0 radical (unpaired) electrons. The number of hydrogen-bond donors (Lipinski definition) is 0. The molecule has 0 N–H and O–H groups in total. The number of benzene rings is 1. The van der Waals surface area contributed by atoms with Crippen LogP contribution >= 0.6 is 11.6 Å². The fourth-order valence-corrected chi connectivity index (χ4v) is 2.04. The highest BCUT2D eigenvalue weighted by Gasteiger charge is 2.24. The molecule has 0 unspecified atom stereocenters. The minimum absolute atomic E-state index is 0.0749. The number of halogens is 1. The number of carbonyl (C=O) groups is 1. The third-order valence-electron chi connectivity index (χ3n) is 2.81. The van der Waals surface area contributed by atoms with Crippen LogP contribution in [0.1, 0.15) is 13.3 Å². The van der Waals surface area contributed by atoms with E-state index in [1.807, 2.05) is 6.92 Å². The van der Waals surface area contributed by atoms with E-state index in [1.165, 1.54) is 11.0 Å². The summed E-state index contributed by atoms with van der Waals surface area (Å²) < 4.78 is 0. The smallest absolute Gasteiger partial charge is 0.310 e. The molecule has 0 atom stereocenters. The molecule has 0 heterocycles. The zero-order valence-corrected chi connectivity index (χ0v) is 12.6. The van der Waals surface area contributed by atoms with Gasteiger partial charge in [-0.25, -0.2) is 0 Å². The summed E-state index contributed by atoms with van der Waals surface area (Å²) in [5, 5.41) is 11.2. The van der Waals surface area contributed by atoms with Crippen LogP contribution < -0.4 is 4.90 Å². The first-order valence-electron chi connectivity index (χ1n) is 6.26. The van der Waals surface area contributed by atoms with E-state index in [2.05, 4.69) is 0 Å². The van der Waals surface area contributed by atoms with Crippen LogP contribution in [0.5, 0.6) is 0 Å². The number of amides is 1. The summed E-state index contributed by atoms with van der Waals surface area (Å²) in [6.07, 6.45) is 0.768. The maximum absolute atomic E-state index is 11.8. The van der Waals surface area contributed by atoms with Crippen LogP contribution in [0.3, 0.4) is 0 Å². The van der Waals surface area contributed by atoms with Crippen molar-refractivity contribution in [3.8, 4) is 0 Å². The number of anilines is 1. The van der Waals surface area contributed by atoms with Crippen LogP contribution in [0.2, 0.25) is 5.02 Å². The Morgan fingerprint density at radius 2 is 2.05 bits per heavy atom.